The maximum absolute atomic E-state index is 13.1. The van der Waals surface area contributed by atoms with Crippen LogP contribution in [0.5, 0.6) is 11.5 Å². The Bertz CT molecular complexity index is 1520. The SMILES string of the molecule is COc1cc(/C=C2\C(=O)NC(=O)N(c3cccc(C)c3)C2=O)ccc1OS(=O)(=O)c1ccc(F)cc1. The molecule has 0 atom stereocenters. The van der Waals surface area contributed by atoms with E-state index in [1.165, 1.54) is 31.4 Å². The van der Waals surface area contributed by atoms with E-state index in [2.05, 4.69) is 5.32 Å². The van der Waals surface area contributed by atoms with E-state index in [-0.39, 0.29) is 22.0 Å². The Labute approximate surface area is 205 Å². The predicted molar refractivity (Wildman–Crippen MR) is 127 cm³/mol. The van der Waals surface area contributed by atoms with Gasteiger partial charge in [0.15, 0.2) is 11.5 Å². The summed E-state index contributed by atoms with van der Waals surface area (Å²) in [6.07, 6.45) is 1.24. The third kappa shape index (κ3) is 4.96. The van der Waals surface area contributed by atoms with Crippen LogP contribution in [0.25, 0.3) is 6.08 Å². The molecule has 0 saturated carbocycles. The molecule has 1 fully saturated rings. The van der Waals surface area contributed by atoms with Crippen molar-refractivity contribution in [1.82, 2.24) is 5.32 Å². The van der Waals surface area contributed by atoms with Gasteiger partial charge in [-0.25, -0.2) is 14.1 Å². The van der Waals surface area contributed by atoms with Gasteiger partial charge in [0, 0.05) is 0 Å². The summed E-state index contributed by atoms with van der Waals surface area (Å²) in [6.45, 7) is 1.80. The van der Waals surface area contributed by atoms with Crippen molar-refractivity contribution in [1.29, 1.82) is 0 Å². The van der Waals surface area contributed by atoms with Gasteiger partial charge in [-0.1, -0.05) is 18.2 Å². The maximum Gasteiger partial charge on any atom is 0.339 e. The van der Waals surface area contributed by atoms with E-state index in [0.717, 1.165) is 34.7 Å². The zero-order valence-electron chi connectivity index (χ0n) is 19.0. The van der Waals surface area contributed by atoms with Crippen molar-refractivity contribution in [3.05, 3.63) is 89.2 Å². The number of aryl methyl sites for hydroxylation is 1. The molecule has 0 unspecified atom stereocenters. The molecule has 1 heterocycles. The number of rotatable bonds is 6. The van der Waals surface area contributed by atoms with Crippen molar-refractivity contribution in [2.24, 2.45) is 0 Å². The Kier molecular flexibility index (Phi) is 6.58. The molecule has 1 saturated heterocycles. The van der Waals surface area contributed by atoms with Crippen molar-refractivity contribution in [3.63, 3.8) is 0 Å². The van der Waals surface area contributed by atoms with E-state index in [4.69, 9.17) is 8.92 Å². The Morgan fingerprint density at radius 3 is 2.33 bits per heavy atom. The molecule has 4 amide bonds. The molecule has 3 aromatic rings. The van der Waals surface area contributed by atoms with Crippen LogP contribution in [0.2, 0.25) is 0 Å². The lowest BCUT2D eigenvalue weighted by Gasteiger charge is -2.26. The van der Waals surface area contributed by atoms with Crippen molar-refractivity contribution < 1.29 is 36.1 Å². The molecule has 0 bridgehead atoms. The maximum atomic E-state index is 13.1. The number of hydrogen-bond donors (Lipinski definition) is 1. The lowest BCUT2D eigenvalue weighted by atomic mass is 10.1. The van der Waals surface area contributed by atoms with E-state index in [0.29, 0.717) is 11.3 Å². The number of halogens is 1. The van der Waals surface area contributed by atoms with E-state index in [1.807, 2.05) is 0 Å². The van der Waals surface area contributed by atoms with Crippen LogP contribution in [0.3, 0.4) is 0 Å². The number of anilines is 1. The molecule has 184 valence electrons. The first kappa shape index (κ1) is 24.6. The molecule has 0 radical (unpaired) electrons. The summed E-state index contributed by atoms with van der Waals surface area (Å²) in [4.78, 5) is 38.5. The van der Waals surface area contributed by atoms with E-state index in [1.54, 1.807) is 31.2 Å². The van der Waals surface area contributed by atoms with Crippen LogP contribution < -0.4 is 19.1 Å². The number of carbonyl (C=O) groups excluding carboxylic acids is 3. The number of benzene rings is 3. The third-order valence-electron chi connectivity index (χ3n) is 5.16. The molecule has 3 aromatic carbocycles. The highest BCUT2D eigenvalue weighted by molar-refractivity contribution is 7.87. The standard InChI is InChI=1S/C25H19FN2O7S/c1-15-4-3-5-18(12-15)28-24(30)20(23(29)27-25(28)31)13-16-6-11-21(22(14-16)34-2)35-36(32,33)19-9-7-17(26)8-10-19/h3-14H,1-2H3,(H,27,29,31)/b20-13+. The van der Waals surface area contributed by atoms with Gasteiger partial charge >= 0.3 is 16.1 Å². The van der Waals surface area contributed by atoms with Crippen molar-refractivity contribution >= 4 is 39.7 Å². The largest absolute Gasteiger partial charge is 0.493 e. The summed E-state index contributed by atoms with van der Waals surface area (Å²) in [5, 5.41) is 2.14. The van der Waals surface area contributed by atoms with Gasteiger partial charge in [0.1, 0.15) is 16.3 Å². The van der Waals surface area contributed by atoms with Gasteiger partial charge in [0.2, 0.25) is 0 Å². The zero-order valence-corrected chi connectivity index (χ0v) is 19.8. The van der Waals surface area contributed by atoms with Crippen LogP contribution in [0.4, 0.5) is 14.9 Å². The van der Waals surface area contributed by atoms with Crippen LogP contribution >= 0.6 is 0 Å². The van der Waals surface area contributed by atoms with Crippen LogP contribution in [-0.2, 0) is 19.7 Å². The fourth-order valence-corrected chi connectivity index (χ4v) is 4.38. The first-order valence-corrected chi connectivity index (χ1v) is 11.9. The monoisotopic (exact) mass is 510 g/mol. The number of ether oxygens (including phenoxy) is 1. The smallest absolute Gasteiger partial charge is 0.339 e. The first-order valence-electron chi connectivity index (χ1n) is 10.5. The van der Waals surface area contributed by atoms with Crippen molar-refractivity contribution in [2.45, 2.75) is 11.8 Å². The van der Waals surface area contributed by atoms with Crippen LogP contribution in [0.1, 0.15) is 11.1 Å². The van der Waals surface area contributed by atoms with Crippen LogP contribution in [-0.4, -0.2) is 33.4 Å². The van der Waals surface area contributed by atoms with E-state index < -0.39 is 33.8 Å². The van der Waals surface area contributed by atoms with E-state index in [9.17, 15) is 27.2 Å². The molecule has 1 aliphatic rings. The molecule has 1 N–H and O–H groups in total. The number of nitrogens with one attached hydrogen (secondary N) is 1. The Hall–Kier alpha value is -4.51. The summed E-state index contributed by atoms with van der Waals surface area (Å²) < 4.78 is 48.6. The molecule has 1 aliphatic heterocycles. The first-order chi connectivity index (χ1) is 17.1. The quantitative estimate of drug-likeness (QED) is 0.306. The number of carbonyl (C=O) groups is 3. The van der Waals surface area contributed by atoms with Gasteiger partial charge in [0.05, 0.1) is 12.8 Å². The van der Waals surface area contributed by atoms with Crippen LogP contribution in [0.15, 0.2) is 77.2 Å². The molecular formula is C25H19FN2O7S. The highest BCUT2D eigenvalue weighted by Gasteiger charge is 2.36. The summed E-state index contributed by atoms with van der Waals surface area (Å²) >= 11 is 0. The van der Waals surface area contributed by atoms with Gasteiger partial charge in [-0.05, 0) is 72.7 Å². The number of urea groups is 1. The van der Waals surface area contributed by atoms with Gasteiger partial charge < -0.3 is 8.92 Å². The fourth-order valence-electron chi connectivity index (χ4n) is 3.44. The Morgan fingerprint density at radius 2 is 1.67 bits per heavy atom. The summed E-state index contributed by atoms with van der Waals surface area (Å²) in [6, 6.07) is 13.9. The van der Waals surface area contributed by atoms with Gasteiger partial charge in [-0.2, -0.15) is 8.42 Å². The third-order valence-corrected chi connectivity index (χ3v) is 6.41. The topological polar surface area (TPSA) is 119 Å². The van der Waals surface area contributed by atoms with Crippen molar-refractivity contribution in [3.8, 4) is 11.5 Å². The predicted octanol–water partition coefficient (Wildman–Crippen LogP) is 3.58. The molecular weight excluding hydrogens is 491 g/mol. The second kappa shape index (κ2) is 9.62. The second-order valence-corrected chi connectivity index (χ2v) is 9.24. The lowest BCUT2D eigenvalue weighted by Crippen LogP contribution is -2.54. The molecule has 36 heavy (non-hydrogen) atoms. The van der Waals surface area contributed by atoms with Gasteiger partial charge in [-0.3, -0.25) is 14.9 Å². The van der Waals surface area contributed by atoms with Crippen molar-refractivity contribution in [2.75, 3.05) is 12.0 Å². The zero-order chi connectivity index (χ0) is 26.0. The highest BCUT2D eigenvalue weighted by Crippen LogP contribution is 2.32. The Balaban J connectivity index is 1.65. The number of amides is 4. The minimum atomic E-state index is -4.29. The van der Waals surface area contributed by atoms with Crippen LogP contribution in [0, 0.1) is 12.7 Å². The fraction of sp³-hybridized carbons (Fsp3) is 0.0800. The Morgan fingerprint density at radius 1 is 0.944 bits per heavy atom. The van der Waals surface area contributed by atoms with E-state index >= 15 is 0 Å². The molecule has 0 aromatic heterocycles. The molecule has 4 rings (SSSR count). The average molecular weight is 510 g/mol. The summed E-state index contributed by atoms with van der Waals surface area (Å²) in [7, 11) is -3.01. The summed E-state index contributed by atoms with van der Waals surface area (Å²) in [5.41, 5.74) is 1.09. The number of imide groups is 2. The number of nitrogens with zero attached hydrogens (tertiary/aromatic N) is 1. The molecule has 9 nitrogen and oxygen atoms in total. The number of methoxy groups -OCH3 is 1. The van der Waals surface area contributed by atoms with Gasteiger partial charge in [-0.15, -0.1) is 0 Å². The summed E-state index contributed by atoms with van der Waals surface area (Å²) in [5.74, 6) is -2.49. The highest BCUT2D eigenvalue weighted by atomic mass is 32.2. The minimum Gasteiger partial charge on any atom is -0.493 e. The lowest BCUT2D eigenvalue weighted by molar-refractivity contribution is -0.122. The molecule has 0 aliphatic carbocycles. The number of barbiturate groups is 1. The second-order valence-electron chi connectivity index (χ2n) is 7.70. The normalized spacial score (nSPS) is 15.1. The number of hydrogen-bond acceptors (Lipinski definition) is 7. The molecule has 11 heteroatoms. The minimum absolute atomic E-state index is 0.00896. The molecule has 0 spiro atoms. The average Bonchev–Trinajstić information content (AvgIpc) is 2.82. The van der Waals surface area contributed by atoms with Gasteiger partial charge in [0.25, 0.3) is 11.8 Å².